The maximum absolute atomic E-state index is 5.54. The summed E-state index contributed by atoms with van der Waals surface area (Å²) < 4.78 is 5.54. The van der Waals surface area contributed by atoms with Crippen molar-refractivity contribution in [3.63, 3.8) is 0 Å². The van der Waals surface area contributed by atoms with Crippen LogP contribution in [0.2, 0.25) is 0 Å². The zero-order valence-electron chi connectivity index (χ0n) is 8.29. The molecule has 0 aliphatic carbocycles. The maximum atomic E-state index is 5.54. The number of aromatic nitrogens is 1. The summed E-state index contributed by atoms with van der Waals surface area (Å²) in [6.45, 7) is 8.55. The van der Waals surface area contributed by atoms with Gasteiger partial charge in [0.25, 0.3) is 0 Å². The van der Waals surface area contributed by atoms with Crippen molar-refractivity contribution in [3.05, 3.63) is 17.8 Å². The first-order valence-corrected chi connectivity index (χ1v) is 4.54. The molecule has 0 N–H and O–H groups in total. The largest absolute Gasteiger partial charge is 0.445 e. The lowest BCUT2D eigenvalue weighted by atomic mass is 10.1. The van der Waals surface area contributed by atoms with Crippen molar-refractivity contribution >= 4 is 0 Å². The molecule has 0 fully saturated rings. The van der Waals surface area contributed by atoms with E-state index in [4.69, 9.17) is 4.42 Å². The van der Waals surface area contributed by atoms with Gasteiger partial charge < -0.3 is 4.42 Å². The van der Waals surface area contributed by atoms with Gasteiger partial charge in [-0.1, -0.05) is 27.7 Å². The molecular formula is C10H17NO. The predicted molar refractivity (Wildman–Crippen MR) is 49.1 cm³/mol. The second-order valence-corrected chi connectivity index (χ2v) is 3.91. The van der Waals surface area contributed by atoms with Crippen LogP contribution in [0.4, 0.5) is 0 Å². The highest BCUT2D eigenvalue weighted by atomic mass is 16.4. The van der Waals surface area contributed by atoms with Crippen molar-refractivity contribution in [2.75, 3.05) is 0 Å². The van der Waals surface area contributed by atoms with Gasteiger partial charge in [-0.05, 0) is 5.92 Å². The van der Waals surface area contributed by atoms with E-state index >= 15 is 0 Å². The number of oxazole rings is 1. The first-order valence-electron chi connectivity index (χ1n) is 4.54. The molecule has 0 unspecified atom stereocenters. The SMILES string of the molecule is CC(C)Cc1ncc(C(C)C)o1. The van der Waals surface area contributed by atoms with Crippen LogP contribution >= 0.6 is 0 Å². The van der Waals surface area contributed by atoms with Crippen LogP contribution in [0.15, 0.2) is 10.6 Å². The van der Waals surface area contributed by atoms with Gasteiger partial charge >= 0.3 is 0 Å². The Bertz CT molecular complexity index is 238. The lowest BCUT2D eigenvalue weighted by molar-refractivity contribution is 0.416. The average Bonchev–Trinajstić information content (AvgIpc) is 2.34. The maximum Gasteiger partial charge on any atom is 0.194 e. The Balaban J connectivity index is 2.64. The molecule has 0 atom stereocenters. The molecule has 0 aliphatic rings. The Kier molecular flexibility index (Phi) is 2.90. The Morgan fingerprint density at radius 2 is 2.00 bits per heavy atom. The van der Waals surface area contributed by atoms with Gasteiger partial charge in [0.1, 0.15) is 5.76 Å². The molecule has 68 valence electrons. The van der Waals surface area contributed by atoms with Gasteiger partial charge in [0.15, 0.2) is 5.89 Å². The highest BCUT2D eigenvalue weighted by molar-refractivity contribution is 4.99. The molecule has 12 heavy (non-hydrogen) atoms. The molecule has 0 amide bonds. The molecule has 1 aromatic heterocycles. The molecule has 1 heterocycles. The summed E-state index contributed by atoms with van der Waals surface area (Å²) in [5.41, 5.74) is 0. The van der Waals surface area contributed by atoms with E-state index in [0.29, 0.717) is 11.8 Å². The van der Waals surface area contributed by atoms with Gasteiger partial charge in [-0.15, -0.1) is 0 Å². The lowest BCUT2D eigenvalue weighted by Gasteiger charge is -1.99. The molecule has 0 saturated carbocycles. The normalized spacial score (nSPS) is 11.5. The Labute approximate surface area is 74.0 Å². The van der Waals surface area contributed by atoms with Gasteiger partial charge in [0, 0.05) is 12.3 Å². The van der Waals surface area contributed by atoms with Crippen LogP contribution in [0, 0.1) is 5.92 Å². The average molecular weight is 167 g/mol. The molecule has 1 rings (SSSR count). The van der Waals surface area contributed by atoms with E-state index in [-0.39, 0.29) is 0 Å². The second-order valence-electron chi connectivity index (χ2n) is 3.91. The van der Waals surface area contributed by atoms with Crippen molar-refractivity contribution in [2.45, 2.75) is 40.0 Å². The fourth-order valence-corrected chi connectivity index (χ4v) is 1.03. The predicted octanol–water partition coefficient (Wildman–Crippen LogP) is 3.00. The first-order chi connectivity index (χ1) is 5.59. The summed E-state index contributed by atoms with van der Waals surface area (Å²) in [6.07, 6.45) is 2.77. The summed E-state index contributed by atoms with van der Waals surface area (Å²) >= 11 is 0. The molecule has 2 heteroatoms. The van der Waals surface area contributed by atoms with Gasteiger partial charge in [-0.2, -0.15) is 0 Å². The molecular weight excluding hydrogens is 150 g/mol. The van der Waals surface area contributed by atoms with Crippen molar-refractivity contribution in [2.24, 2.45) is 5.92 Å². The third-order valence-electron chi connectivity index (χ3n) is 1.72. The Hall–Kier alpha value is -0.790. The minimum Gasteiger partial charge on any atom is -0.445 e. The van der Waals surface area contributed by atoms with E-state index in [0.717, 1.165) is 18.1 Å². The van der Waals surface area contributed by atoms with E-state index in [1.54, 1.807) is 0 Å². The quantitative estimate of drug-likeness (QED) is 0.691. The Morgan fingerprint density at radius 3 is 2.42 bits per heavy atom. The van der Waals surface area contributed by atoms with Gasteiger partial charge in [0.2, 0.25) is 0 Å². The lowest BCUT2D eigenvalue weighted by Crippen LogP contribution is -1.93. The third kappa shape index (κ3) is 2.36. The number of rotatable bonds is 3. The number of nitrogens with zero attached hydrogens (tertiary/aromatic N) is 1. The molecule has 0 aliphatic heterocycles. The molecule has 0 spiro atoms. The van der Waals surface area contributed by atoms with E-state index in [1.165, 1.54) is 0 Å². The Morgan fingerprint density at radius 1 is 1.33 bits per heavy atom. The van der Waals surface area contributed by atoms with Gasteiger partial charge in [-0.25, -0.2) is 4.98 Å². The second kappa shape index (κ2) is 3.74. The summed E-state index contributed by atoms with van der Waals surface area (Å²) in [4.78, 5) is 4.21. The van der Waals surface area contributed by atoms with Crippen LogP contribution in [0.5, 0.6) is 0 Å². The van der Waals surface area contributed by atoms with Crippen LogP contribution < -0.4 is 0 Å². The summed E-state index contributed by atoms with van der Waals surface area (Å²) in [5.74, 6) is 2.92. The van der Waals surface area contributed by atoms with Crippen LogP contribution in [0.1, 0.15) is 45.3 Å². The van der Waals surface area contributed by atoms with Gasteiger partial charge in [-0.3, -0.25) is 0 Å². The van der Waals surface area contributed by atoms with E-state index in [1.807, 2.05) is 6.20 Å². The van der Waals surface area contributed by atoms with Crippen molar-refractivity contribution in [1.82, 2.24) is 4.98 Å². The number of hydrogen-bond acceptors (Lipinski definition) is 2. The van der Waals surface area contributed by atoms with Crippen LogP contribution in [-0.4, -0.2) is 4.98 Å². The molecule has 0 bridgehead atoms. The zero-order valence-corrected chi connectivity index (χ0v) is 8.29. The molecule has 1 aromatic rings. The fourth-order valence-electron chi connectivity index (χ4n) is 1.03. The monoisotopic (exact) mass is 167 g/mol. The molecule has 0 aromatic carbocycles. The highest BCUT2D eigenvalue weighted by Gasteiger charge is 2.08. The molecule has 0 saturated heterocycles. The van der Waals surface area contributed by atoms with E-state index in [2.05, 4.69) is 32.7 Å². The minimum atomic E-state index is 0.443. The zero-order chi connectivity index (χ0) is 9.14. The van der Waals surface area contributed by atoms with Crippen LogP contribution in [0.3, 0.4) is 0 Å². The van der Waals surface area contributed by atoms with Crippen LogP contribution in [0.25, 0.3) is 0 Å². The van der Waals surface area contributed by atoms with Crippen molar-refractivity contribution in [3.8, 4) is 0 Å². The van der Waals surface area contributed by atoms with Crippen molar-refractivity contribution in [1.29, 1.82) is 0 Å². The minimum absolute atomic E-state index is 0.443. The third-order valence-corrected chi connectivity index (χ3v) is 1.72. The fraction of sp³-hybridized carbons (Fsp3) is 0.700. The first kappa shape index (κ1) is 9.30. The topological polar surface area (TPSA) is 26.0 Å². The summed E-state index contributed by atoms with van der Waals surface area (Å²) in [5, 5.41) is 0. The summed E-state index contributed by atoms with van der Waals surface area (Å²) in [7, 11) is 0. The molecule has 2 nitrogen and oxygen atoms in total. The highest BCUT2D eigenvalue weighted by Crippen LogP contribution is 2.16. The van der Waals surface area contributed by atoms with E-state index in [9.17, 15) is 0 Å². The standard InChI is InChI=1S/C10H17NO/c1-7(2)5-10-11-6-9(12-10)8(3)4/h6-8H,5H2,1-4H3. The van der Waals surface area contributed by atoms with Crippen molar-refractivity contribution < 1.29 is 4.42 Å². The number of hydrogen-bond donors (Lipinski definition) is 0. The molecule has 0 radical (unpaired) electrons. The summed E-state index contributed by atoms with van der Waals surface area (Å²) in [6, 6.07) is 0. The van der Waals surface area contributed by atoms with E-state index < -0.39 is 0 Å². The van der Waals surface area contributed by atoms with Crippen LogP contribution in [-0.2, 0) is 6.42 Å². The smallest absolute Gasteiger partial charge is 0.194 e. The van der Waals surface area contributed by atoms with Gasteiger partial charge in [0.05, 0.1) is 6.20 Å².